The van der Waals surface area contributed by atoms with E-state index in [1.807, 2.05) is 96.5 Å². The molecular formula is C32H29N3O3. The molecule has 0 saturated carbocycles. The standard InChI is InChI=1S/C32H29N3O3/c1-3-29(24-9-5-4-6-10-24)33-31(36)25-17-18-30-28(19-25)21(2)34-35(30)20-22-13-15-23(16-14-22)26-11-7-8-12-27(26)32(37)38/h4-19,29H,3,20H2,1-2H3,(H,33,36)(H,37,38). The Labute approximate surface area is 221 Å². The third kappa shape index (κ3) is 5.06. The number of carbonyl (C=O) groups is 2. The fraction of sp³-hybridized carbons (Fsp3) is 0.156. The Hall–Kier alpha value is -4.71. The molecule has 1 amide bonds. The van der Waals surface area contributed by atoms with Crippen LogP contribution in [0.3, 0.4) is 0 Å². The number of fused-ring (bicyclic) bond motifs is 1. The van der Waals surface area contributed by atoms with Crippen LogP contribution in [0.4, 0.5) is 0 Å². The van der Waals surface area contributed by atoms with Crippen molar-refractivity contribution < 1.29 is 14.7 Å². The summed E-state index contributed by atoms with van der Waals surface area (Å²) in [6.45, 7) is 4.57. The maximum Gasteiger partial charge on any atom is 0.336 e. The summed E-state index contributed by atoms with van der Waals surface area (Å²) >= 11 is 0. The maximum absolute atomic E-state index is 13.1. The van der Waals surface area contributed by atoms with E-state index in [1.165, 1.54) is 0 Å². The van der Waals surface area contributed by atoms with Crippen LogP contribution in [0.1, 0.15) is 56.9 Å². The molecule has 4 aromatic carbocycles. The van der Waals surface area contributed by atoms with Crippen molar-refractivity contribution in [3.8, 4) is 11.1 Å². The summed E-state index contributed by atoms with van der Waals surface area (Å²) in [7, 11) is 0. The van der Waals surface area contributed by atoms with Crippen molar-refractivity contribution in [1.82, 2.24) is 15.1 Å². The highest BCUT2D eigenvalue weighted by molar-refractivity contribution is 5.99. The first-order valence-corrected chi connectivity index (χ1v) is 12.7. The molecule has 0 aliphatic heterocycles. The van der Waals surface area contributed by atoms with Crippen LogP contribution < -0.4 is 5.32 Å². The van der Waals surface area contributed by atoms with Crippen molar-refractivity contribution in [3.63, 3.8) is 0 Å². The van der Waals surface area contributed by atoms with Gasteiger partial charge in [-0.05, 0) is 59.9 Å². The minimum absolute atomic E-state index is 0.0475. The second-order valence-electron chi connectivity index (χ2n) is 9.37. The number of rotatable bonds is 8. The van der Waals surface area contributed by atoms with Crippen molar-refractivity contribution in [2.24, 2.45) is 0 Å². The van der Waals surface area contributed by atoms with Gasteiger partial charge in [-0.1, -0.05) is 79.7 Å². The highest BCUT2D eigenvalue weighted by Crippen LogP contribution is 2.26. The molecule has 1 unspecified atom stereocenters. The van der Waals surface area contributed by atoms with Crippen LogP contribution in [0.2, 0.25) is 0 Å². The highest BCUT2D eigenvalue weighted by Gasteiger charge is 2.17. The molecule has 2 N–H and O–H groups in total. The van der Waals surface area contributed by atoms with E-state index in [0.717, 1.165) is 39.7 Å². The summed E-state index contributed by atoms with van der Waals surface area (Å²) < 4.78 is 1.94. The predicted octanol–water partition coefficient (Wildman–Crippen LogP) is 6.64. The smallest absolute Gasteiger partial charge is 0.336 e. The molecule has 1 aromatic heterocycles. The van der Waals surface area contributed by atoms with E-state index in [0.29, 0.717) is 17.7 Å². The van der Waals surface area contributed by atoms with Gasteiger partial charge in [0.05, 0.1) is 29.4 Å². The first-order valence-electron chi connectivity index (χ1n) is 12.7. The Bertz CT molecular complexity index is 1600. The van der Waals surface area contributed by atoms with E-state index in [1.54, 1.807) is 12.1 Å². The molecule has 0 saturated heterocycles. The van der Waals surface area contributed by atoms with Gasteiger partial charge in [0.2, 0.25) is 0 Å². The molecule has 6 heteroatoms. The van der Waals surface area contributed by atoms with E-state index in [2.05, 4.69) is 12.2 Å². The van der Waals surface area contributed by atoms with Gasteiger partial charge in [-0.15, -0.1) is 0 Å². The summed E-state index contributed by atoms with van der Waals surface area (Å²) in [4.78, 5) is 24.7. The fourth-order valence-corrected chi connectivity index (χ4v) is 4.83. The minimum Gasteiger partial charge on any atom is -0.478 e. The van der Waals surface area contributed by atoms with Gasteiger partial charge in [0.15, 0.2) is 0 Å². The van der Waals surface area contributed by atoms with Gasteiger partial charge in [-0.25, -0.2) is 4.79 Å². The molecule has 38 heavy (non-hydrogen) atoms. The summed E-state index contributed by atoms with van der Waals surface area (Å²) in [5.41, 5.74) is 6.37. The number of aromatic nitrogens is 2. The molecule has 6 nitrogen and oxygen atoms in total. The first kappa shape index (κ1) is 25.0. The van der Waals surface area contributed by atoms with E-state index in [9.17, 15) is 14.7 Å². The van der Waals surface area contributed by atoms with Crippen molar-refractivity contribution >= 4 is 22.8 Å². The Kier molecular flexibility index (Phi) is 7.05. The van der Waals surface area contributed by atoms with Crippen LogP contribution in [0.25, 0.3) is 22.0 Å². The van der Waals surface area contributed by atoms with Gasteiger partial charge in [0.25, 0.3) is 5.91 Å². The first-order chi connectivity index (χ1) is 18.4. The normalized spacial score (nSPS) is 11.8. The van der Waals surface area contributed by atoms with Crippen LogP contribution in [-0.2, 0) is 6.54 Å². The van der Waals surface area contributed by atoms with Gasteiger partial charge >= 0.3 is 5.97 Å². The lowest BCUT2D eigenvalue weighted by Crippen LogP contribution is -2.28. The zero-order valence-corrected chi connectivity index (χ0v) is 21.4. The van der Waals surface area contributed by atoms with Crippen LogP contribution in [0.5, 0.6) is 0 Å². The number of amides is 1. The number of carboxylic acid groups (broad SMARTS) is 1. The van der Waals surface area contributed by atoms with Gasteiger partial charge in [-0.3, -0.25) is 9.48 Å². The van der Waals surface area contributed by atoms with E-state index >= 15 is 0 Å². The molecule has 0 fully saturated rings. The lowest BCUT2D eigenvalue weighted by molar-refractivity contribution is 0.0697. The van der Waals surface area contributed by atoms with Crippen LogP contribution >= 0.6 is 0 Å². The number of aryl methyl sites for hydroxylation is 1. The van der Waals surface area contributed by atoms with Crippen molar-refractivity contribution in [1.29, 1.82) is 0 Å². The number of nitrogens with one attached hydrogen (secondary N) is 1. The Morgan fingerprint density at radius 2 is 1.63 bits per heavy atom. The fourth-order valence-electron chi connectivity index (χ4n) is 4.83. The number of carbonyl (C=O) groups excluding carboxylic acids is 1. The predicted molar refractivity (Wildman–Crippen MR) is 149 cm³/mol. The SMILES string of the molecule is CCC(NC(=O)c1ccc2c(c1)c(C)nn2Cc1ccc(-c2ccccc2C(=O)O)cc1)c1ccccc1. The Morgan fingerprint density at radius 3 is 2.34 bits per heavy atom. The maximum atomic E-state index is 13.1. The van der Waals surface area contributed by atoms with Gasteiger partial charge in [-0.2, -0.15) is 5.10 Å². The number of hydrogen-bond donors (Lipinski definition) is 2. The van der Waals surface area contributed by atoms with E-state index in [4.69, 9.17) is 5.10 Å². The Morgan fingerprint density at radius 1 is 0.921 bits per heavy atom. The zero-order valence-electron chi connectivity index (χ0n) is 21.4. The third-order valence-electron chi connectivity index (χ3n) is 6.87. The van der Waals surface area contributed by atoms with E-state index < -0.39 is 5.97 Å². The molecule has 1 heterocycles. The van der Waals surface area contributed by atoms with E-state index in [-0.39, 0.29) is 17.5 Å². The summed E-state index contributed by atoms with van der Waals surface area (Å²) in [6, 6.07) is 30.5. The number of benzene rings is 4. The lowest BCUT2D eigenvalue weighted by Gasteiger charge is -2.17. The van der Waals surface area contributed by atoms with Gasteiger partial charge < -0.3 is 10.4 Å². The summed E-state index contributed by atoms with van der Waals surface area (Å²) in [5.74, 6) is -1.05. The summed E-state index contributed by atoms with van der Waals surface area (Å²) in [5, 5.41) is 18.3. The van der Waals surface area contributed by atoms with Crippen LogP contribution in [-0.4, -0.2) is 26.8 Å². The molecule has 5 aromatic rings. The van der Waals surface area contributed by atoms with Crippen LogP contribution in [0.15, 0.2) is 97.1 Å². The molecular weight excluding hydrogens is 474 g/mol. The largest absolute Gasteiger partial charge is 0.478 e. The highest BCUT2D eigenvalue weighted by atomic mass is 16.4. The number of aromatic carboxylic acids is 1. The number of carboxylic acids is 1. The van der Waals surface area contributed by atoms with Crippen molar-refractivity contribution in [3.05, 3.63) is 125 Å². The molecule has 0 radical (unpaired) electrons. The summed E-state index contributed by atoms with van der Waals surface area (Å²) in [6.07, 6.45) is 0.801. The molecule has 0 aliphatic rings. The minimum atomic E-state index is -0.943. The van der Waals surface area contributed by atoms with Crippen molar-refractivity contribution in [2.75, 3.05) is 0 Å². The molecule has 190 valence electrons. The average molecular weight is 504 g/mol. The molecule has 1 atom stereocenters. The third-order valence-corrected chi connectivity index (χ3v) is 6.87. The van der Waals surface area contributed by atoms with Gasteiger partial charge in [0, 0.05) is 10.9 Å². The monoisotopic (exact) mass is 503 g/mol. The molecule has 5 rings (SSSR count). The molecule has 0 bridgehead atoms. The van der Waals surface area contributed by atoms with Gasteiger partial charge in [0.1, 0.15) is 0 Å². The van der Waals surface area contributed by atoms with Crippen LogP contribution in [0, 0.1) is 6.92 Å². The second-order valence-corrected chi connectivity index (χ2v) is 9.37. The zero-order chi connectivity index (χ0) is 26.6. The lowest BCUT2D eigenvalue weighted by atomic mass is 9.99. The Balaban J connectivity index is 1.36. The molecule has 0 aliphatic carbocycles. The van der Waals surface area contributed by atoms with Crippen molar-refractivity contribution in [2.45, 2.75) is 32.9 Å². The quantitative estimate of drug-likeness (QED) is 0.249. The number of hydrogen-bond acceptors (Lipinski definition) is 3. The molecule has 0 spiro atoms. The average Bonchev–Trinajstić information content (AvgIpc) is 3.26. The second kappa shape index (κ2) is 10.7. The topological polar surface area (TPSA) is 84.2 Å². The number of nitrogens with zero attached hydrogens (tertiary/aromatic N) is 2.